The number of anilines is 3. The van der Waals surface area contributed by atoms with E-state index in [0.29, 0.717) is 17.4 Å². The zero-order valence-corrected chi connectivity index (χ0v) is 37.5. The smallest absolute Gasteiger partial charge is 0.330 e. The Morgan fingerprint density at radius 1 is 0.931 bits per heavy atom. The summed E-state index contributed by atoms with van der Waals surface area (Å²) in [4.78, 5) is 40.8. The van der Waals surface area contributed by atoms with Gasteiger partial charge in [-0.1, -0.05) is 84.5 Å². The number of carbonyl (C=O) groups is 2. The van der Waals surface area contributed by atoms with Gasteiger partial charge in [-0.25, -0.2) is 9.78 Å². The van der Waals surface area contributed by atoms with Crippen molar-refractivity contribution in [2.45, 2.75) is 129 Å². The third kappa shape index (κ3) is 7.60. The molecular weight excluding hydrogens is 745 g/mol. The number of amides is 3. The zero-order chi connectivity index (χ0) is 42.3. The van der Waals surface area contributed by atoms with E-state index in [2.05, 4.69) is 89.9 Å². The average molecular weight is 807 g/mol. The van der Waals surface area contributed by atoms with E-state index in [1.807, 2.05) is 69.1 Å². The summed E-state index contributed by atoms with van der Waals surface area (Å²) in [7, 11) is 1.81. The van der Waals surface area contributed by atoms with Gasteiger partial charge in [-0.05, 0) is 106 Å². The first kappa shape index (κ1) is 42.8. The molecule has 6 rings (SSSR count). The van der Waals surface area contributed by atoms with Gasteiger partial charge >= 0.3 is 6.03 Å². The molecule has 1 spiro atoms. The first-order valence-electron chi connectivity index (χ1n) is 20.8. The molecule has 58 heavy (non-hydrogen) atoms. The number of carbonyl (C=O) groups excluding carboxylic acids is 2. The molecule has 2 aliphatic heterocycles. The van der Waals surface area contributed by atoms with E-state index < -0.39 is 11.0 Å². The zero-order valence-electron chi connectivity index (χ0n) is 36.7. The number of nitrogens with zero attached hydrogens (tertiary/aromatic N) is 7. The maximum Gasteiger partial charge on any atom is 0.330 e. The lowest BCUT2D eigenvalue weighted by atomic mass is 9.76. The van der Waals surface area contributed by atoms with E-state index in [1.54, 1.807) is 28.4 Å². The quantitative estimate of drug-likeness (QED) is 0.135. The molecule has 1 N–H and O–H groups in total. The minimum Gasteiger partial charge on any atom is -0.481 e. The highest BCUT2D eigenvalue weighted by Crippen LogP contribution is 2.54. The number of para-hydroxylation sites is 1. The van der Waals surface area contributed by atoms with Crippen molar-refractivity contribution in [3.8, 4) is 5.75 Å². The number of nitrogens with one attached hydrogen (secondary N) is 1. The number of fused-ring (bicyclic) bond motifs is 3. The Labute approximate surface area is 349 Å². The fourth-order valence-corrected chi connectivity index (χ4v) is 9.08. The van der Waals surface area contributed by atoms with E-state index in [0.717, 1.165) is 64.8 Å². The van der Waals surface area contributed by atoms with Crippen molar-refractivity contribution in [2.24, 2.45) is 5.10 Å². The van der Waals surface area contributed by atoms with Crippen LogP contribution in [0.25, 0.3) is 0 Å². The molecule has 0 radical (unpaired) electrons. The first-order chi connectivity index (χ1) is 27.4. The number of benzene rings is 3. The second kappa shape index (κ2) is 16.4. The van der Waals surface area contributed by atoms with Gasteiger partial charge in [-0.2, -0.15) is 5.10 Å². The summed E-state index contributed by atoms with van der Waals surface area (Å²) >= 11 is 1.55. The fraction of sp³-hybridized carbons (Fsp3) is 0.500. The maximum atomic E-state index is 14.8. The van der Waals surface area contributed by atoms with Gasteiger partial charge in [0.15, 0.2) is 17.8 Å². The van der Waals surface area contributed by atoms with E-state index in [-0.39, 0.29) is 35.2 Å². The summed E-state index contributed by atoms with van der Waals surface area (Å²) in [6.07, 6.45) is 1.22. The Bertz CT molecular complexity index is 2210. The predicted octanol–water partition coefficient (Wildman–Crippen LogP) is 9.75. The molecule has 1 aromatic heterocycles. The van der Waals surface area contributed by atoms with Crippen LogP contribution in [0.2, 0.25) is 0 Å². The van der Waals surface area contributed by atoms with Crippen LogP contribution < -0.4 is 24.8 Å². The lowest BCUT2D eigenvalue weighted by Crippen LogP contribution is -2.54. The number of aromatic nitrogens is 3. The molecule has 310 valence electrons. The number of hydrogen-bond donors (Lipinski definition) is 1. The highest BCUT2D eigenvalue weighted by atomic mass is 32.2. The summed E-state index contributed by atoms with van der Waals surface area (Å²) in [5, 5.41) is 12.9. The summed E-state index contributed by atoms with van der Waals surface area (Å²) in [6, 6.07) is 20.4. The Hall–Kier alpha value is -4.84. The summed E-state index contributed by atoms with van der Waals surface area (Å²) in [6.45, 7) is 27.4. The lowest BCUT2D eigenvalue weighted by Gasteiger charge is -2.39. The molecule has 0 saturated heterocycles. The average Bonchev–Trinajstić information content (AvgIpc) is 3.71. The number of hydrogen-bond acceptors (Lipinski definition) is 8. The molecule has 0 aliphatic carbocycles. The lowest BCUT2D eigenvalue weighted by molar-refractivity contribution is -0.127. The van der Waals surface area contributed by atoms with E-state index in [9.17, 15) is 9.59 Å². The van der Waals surface area contributed by atoms with Gasteiger partial charge < -0.3 is 15.0 Å². The number of rotatable bonds is 14. The van der Waals surface area contributed by atoms with Crippen LogP contribution in [0.5, 0.6) is 5.75 Å². The molecule has 11 nitrogen and oxygen atoms in total. The molecule has 0 saturated carbocycles. The Morgan fingerprint density at radius 3 is 2.28 bits per heavy atom. The van der Waals surface area contributed by atoms with Crippen LogP contribution in [-0.2, 0) is 20.5 Å². The SMILES string of the molecule is CCN(CC)c1ccc(N2C(=O)N(C)c3ccccc3SC23C(C)=Nn2nc(C(C)CNC(=O)C(C)Oc4ccc(C(C)(C)CC)cc4C(C)(C)CC)nc23)c(C)c1. The maximum absolute atomic E-state index is 14.8. The summed E-state index contributed by atoms with van der Waals surface area (Å²) in [5.74, 6) is 1.30. The van der Waals surface area contributed by atoms with E-state index in [1.165, 1.54) is 5.56 Å². The second-order valence-electron chi connectivity index (χ2n) is 17.0. The fourth-order valence-electron chi connectivity index (χ4n) is 7.63. The van der Waals surface area contributed by atoms with Gasteiger partial charge in [0, 0.05) is 48.7 Å². The largest absolute Gasteiger partial charge is 0.481 e. The van der Waals surface area contributed by atoms with Gasteiger partial charge in [-0.3, -0.25) is 14.6 Å². The van der Waals surface area contributed by atoms with Gasteiger partial charge in [0.05, 0.1) is 17.1 Å². The number of urea groups is 1. The molecule has 4 aromatic rings. The molecular formula is C46H62N8O3S. The number of thioether (sulfide) groups is 1. The van der Waals surface area contributed by atoms with Gasteiger partial charge in [0.2, 0.25) is 4.87 Å². The molecule has 3 unspecified atom stereocenters. The standard InChI is InChI=1S/C46H62N8O3S/c1-14-44(9,10)33-22-25-38(35(27-33)45(11,12)15-2)57-31(7)41(55)47-28-30(6)40-48-42-46(32(8)49-54(42)50-40)53(36-24-23-34(26-29(36)5)52(16-3)17-4)43(56)51(13)37-20-18-19-21-39(37)58-46/h18-27,30-31H,14-17,28H2,1-13H3,(H,47,55). The van der Waals surface area contributed by atoms with Crippen molar-refractivity contribution < 1.29 is 14.3 Å². The normalized spacial score (nSPS) is 17.7. The van der Waals surface area contributed by atoms with Crippen molar-refractivity contribution in [1.29, 1.82) is 0 Å². The summed E-state index contributed by atoms with van der Waals surface area (Å²) in [5.41, 5.74) is 6.59. The van der Waals surface area contributed by atoms with E-state index in [4.69, 9.17) is 19.9 Å². The van der Waals surface area contributed by atoms with Crippen LogP contribution in [-0.4, -0.2) is 65.3 Å². The monoisotopic (exact) mass is 806 g/mol. The molecule has 3 amide bonds. The Balaban J connectivity index is 1.29. The van der Waals surface area contributed by atoms with Crippen LogP contribution in [0.15, 0.2) is 70.7 Å². The first-order valence-corrected chi connectivity index (χ1v) is 21.6. The molecule has 3 atom stereocenters. The van der Waals surface area contributed by atoms with Gasteiger partial charge in [-0.15, -0.1) is 9.89 Å². The highest BCUT2D eigenvalue weighted by molar-refractivity contribution is 8.01. The topological polar surface area (TPSA) is 108 Å². The molecule has 2 aliphatic rings. The van der Waals surface area contributed by atoms with E-state index >= 15 is 0 Å². The van der Waals surface area contributed by atoms with Crippen molar-refractivity contribution in [1.82, 2.24) is 20.2 Å². The molecule has 3 aromatic carbocycles. The number of aryl methyl sites for hydroxylation is 1. The second-order valence-corrected chi connectivity index (χ2v) is 18.2. The van der Waals surface area contributed by atoms with Crippen molar-refractivity contribution in [3.63, 3.8) is 0 Å². The minimum absolute atomic E-state index is 0.0283. The predicted molar refractivity (Wildman–Crippen MR) is 238 cm³/mol. The van der Waals surface area contributed by atoms with Crippen LogP contribution in [0.3, 0.4) is 0 Å². The van der Waals surface area contributed by atoms with Gasteiger partial charge in [0.1, 0.15) is 5.75 Å². The molecule has 12 heteroatoms. The van der Waals surface area contributed by atoms with Crippen LogP contribution in [0.1, 0.15) is 123 Å². The van der Waals surface area contributed by atoms with Crippen LogP contribution in [0.4, 0.5) is 21.9 Å². The van der Waals surface area contributed by atoms with Crippen molar-refractivity contribution in [3.05, 3.63) is 89.0 Å². The van der Waals surface area contributed by atoms with Gasteiger partial charge in [0.25, 0.3) is 5.91 Å². The summed E-state index contributed by atoms with van der Waals surface area (Å²) < 4.78 is 6.42. The molecule has 3 heterocycles. The van der Waals surface area contributed by atoms with Crippen LogP contribution in [0, 0.1) is 6.92 Å². The Morgan fingerprint density at radius 2 is 1.62 bits per heavy atom. The molecule has 0 fully saturated rings. The van der Waals surface area contributed by atoms with Crippen molar-refractivity contribution >= 4 is 46.5 Å². The molecule has 0 bridgehead atoms. The third-order valence-electron chi connectivity index (χ3n) is 12.4. The minimum atomic E-state index is -1.14. The van der Waals surface area contributed by atoms with Crippen molar-refractivity contribution in [2.75, 3.05) is 41.4 Å². The third-order valence-corrected chi connectivity index (χ3v) is 13.9. The van der Waals surface area contributed by atoms with Crippen LogP contribution >= 0.6 is 11.8 Å². The Kier molecular flexibility index (Phi) is 12.1. The number of ether oxygens (including phenoxy) is 1. The highest BCUT2D eigenvalue weighted by Gasteiger charge is 2.56.